The van der Waals surface area contributed by atoms with Gasteiger partial charge in [0, 0.05) is 21.8 Å². The van der Waals surface area contributed by atoms with Crippen LogP contribution in [0.25, 0.3) is 0 Å². The molecule has 3 nitrogen and oxygen atoms in total. The summed E-state index contributed by atoms with van der Waals surface area (Å²) in [6.07, 6.45) is 0. The van der Waals surface area contributed by atoms with Crippen molar-refractivity contribution in [3.8, 4) is 0 Å². The lowest BCUT2D eigenvalue weighted by atomic mass is 10.2. The minimum Gasteiger partial charge on any atom is -0.399 e. The van der Waals surface area contributed by atoms with Crippen LogP contribution in [0, 0.1) is 11.6 Å². The number of hydrogen-bond donors (Lipinski definition) is 2. The largest absolute Gasteiger partial charge is 0.399 e. The maximum Gasteiger partial charge on any atom is 0.255 e. The highest BCUT2D eigenvalue weighted by Gasteiger charge is 2.11. The number of halogens is 3. The molecule has 19 heavy (non-hydrogen) atoms. The van der Waals surface area contributed by atoms with E-state index in [0.717, 1.165) is 12.1 Å². The molecule has 6 heteroatoms. The van der Waals surface area contributed by atoms with Crippen LogP contribution in [0.3, 0.4) is 0 Å². The van der Waals surface area contributed by atoms with Gasteiger partial charge < -0.3 is 11.1 Å². The Labute approximate surface area is 116 Å². The lowest BCUT2D eigenvalue weighted by molar-refractivity contribution is 0.102. The second kappa shape index (κ2) is 5.36. The van der Waals surface area contributed by atoms with Gasteiger partial charge in [-0.15, -0.1) is 0 Å². The van der Waals surface area contributed by atoms with Gasteiger partial charge in [-0.2, -0.15) is 0 Å². The van der Waals surface area contributed by atoms with Crippen molar-refractivity contribution in [2.75, 3.05) is 11.1 Å². The summed E-state index contributed by atoms with van der Waals surface area (Å²) in [4.78, 5) is 11.9. The molecule has 0 bridgehead atoms. The summed E-state index contributed by atoms with van der Waals surface area (Å²) in [6.45, 7) is 0. The molecule has 0 spiro atoms. The Morgan fingerprint density at radius 3 is 2.53 bits per heavy atom. The molecule has 0 aliphatic rings. The zero-order valence-electron chi connectivity index (χ0n) is 9.58. The van der Waals surface area contributed by atoms with Crippen LogP contribution in [0.5, 0.6) is 0 Å². The van der Waals surface area contributed by atoms with E-state index in [9.17, 15) is 13.6 Å². The number of amides is 1. The first-order chi connectivity index (χ1) is 8.95. The molecule has 0 aliphatic heterocycles. The van der Waals surface area contributed by atoms with Crippen molar-refractivity contribution in [2.24, 2.45) is 0 Å². The maximum absolute atomic E-state index is 13.4. The molecule has 2 rings (SSSR count). The Morgan fingerprint density at radius 1 is 1.16 bits per heavy atom. The summed E-state index contributed by atoms with van der Waals surface area (Å²) in [5, 5.41) is 2.35. The van der Waals surface area contributed by atoms with Gasteiger partial charge in [0.05, 0.1) is 5.69 Å². The third kappa shape index (κ3) is 3.29. The predicted octanol–water partition coefficient (Wildman–Crippen LogP) is 3.56. The Kier molecular flexibility index (Phi) is 3.80. The van der Waals surface area contributed by atoms with Crippen LogP contribution in [-0.2, 0) is 0 Å². The number of benzene rings is 2. The third-order valence-electron chi connectivity index (χ3n) is 2.36. The van der Waals surface area contributed by atoms with Crippen LogP contribution in [0.1, 0.15) is 10.4 Å². The van der Waals surface area contributed by atoms with Crippen molar-refractivity contribution in [1.82, 2.24) is 0 Å². The van der Waals surface area contributed by atoms with Crippen LogP contribution in [0.15, 0.2) is 40.9 Å². The predicted molar refractivity (Wildman–Crippen MR) is 72.9 cm³/mol. The molecule has 2 aromatic carbocycles. The highest BCUT2D eigenvalue weighted by Crippen LogP contribution is 2.20. The molecule has 0 aliphatic carbocycles. The van der Waals surface area contributed by atoms with E-state index in [-0.39, 0.29) is 11.3 Å². The van der Waals surface area contributed by atoms with Crippen molar-refractivity contribution in [1.29, 1.82) is 0 Å². The van der Waals surface area contributed by atoms with Gasteiger partial charge >= 0.3 is 0 Å². The summed E-state index contributed by atoms with van der Waals surface area (Å²) in [6, 6.07) is 7.56. The van der Waals surface area contributed by atoms with Gasteiger partial charge in [-0.25, -0.2) is 8.78 Å². The zero-order chi connectivity index (χ0) is 14.0. The molecule has 0 radical (unpaired) electrons. The highest BCUT2D eigenvalue weighted by atomic mass is 79.9. The van der Waals surface area contributed by atoms with E-state index < -0.39 is 17.5 Å². The number of anilines is 2. The number of nitrogen functional groups attached to an aromatic ring is 1. The van der Waals surface area contributed by atoms with Crippen LogP contribution in [-0.4, -0.2) is 5.91 Å². The number of nitrogens with one attached hydrogen (secondary N) is 1. The number of rotatable bonds is 2. The van der Waals surface area contributed by atoms with Crippen molar-refractivity contribution >= 4 is 33.2 Å². The summed E-state index contributed by atoms with van der Waals surface area (Å²) in [5.41, 5.74) is 6.19. The molecule has 0 heterocycles. The van der Waals surface area contributed by atoms with Crippen LogP contribution >= 0.6 is 15.9 Å². The Balaban J connectivity index is 2.25. The molecule has 0 fully saturated rings. The standard InChI is InChI=1S/C13H9BrF2N2O/c14-8-3-7(4-10(17)5-8)13(19)18-12-2-1-9(15)6-11(12)16/h1-6H,17H2,(H,18,19). The number of nitrogens with two attached hydrogens (primary N) is 1. The molecule has 2 aromatic rings. The Hall–Kier alpha value is -1.95. The molecule has 0 aromatic heterocycles. The third-order valence-corrected chi connectivity index (χ3v) is 2.82. The minimum atomic E-state index is -0.837. The smallest absolute Gasteiger partial charge is 0.255 e. The lowest BCUT2D eigenvalue weighted by Gasteiger charge is -2.07. The van der Waals surface area contributed by atoms with Gasteiger partial charge in [-0.1, -0.05) is 15.9 Å². The van der Waals surface area contributed by atoms with Gasteiger partial charge in [0.15, 0.2) is 0 Å². The van der Waals surface area contributed by atoms with Crippen molar-refractivity contribution in [3.05, 3.63) is 58.1 Å². The Morgan fingerprint density at radius 2 is 1.89 bits per heavy atom. The van der Waals surface area contributed by atoms with Crippen molar-refractivity contribution in [2.45, 2.75) is 0 Å². The van der Waals surface area contributed by atoms with Gasteiger partial charge in [-0.05, 0) is 30.3 Å². The van der Waals surface area contributed by atoms with Crippen LogP contribution in [0.4, 0.5) is 20.2 Å². The summed E-state index contributed by atoms with van der Waals surface area (Å²) in [7, 11) is 0. The second-order valence-electron chi connectivity index (χ2n) is 3.85. The van der Waals surface area contributed by atoms with Crippen molar-refractivity contribution < 1.29 is 13.6 Å². The fourth-order valence-corrected chi connectivity index (χ4v) is 2.04. The molecule has 98 valence electrons. The molecule has 1 amide bonds. The van der Waals surface area contributed by atoms with E-state index in [0.29, 0.717) is 16.2 Å². The highest BCUT2D eigenvalue weighted by molar-refractivity contribution is 9.10. The average Bonchev–Trinajstić information content (AvgIpc) is 2.31. The topological polar surface area (TPSA) is 55.1 Å². The number of carbonyl (C=O) groups is 1. The molecule has 3 N–H and O–H groups in total. The monoisotopic (exact) mass is 326 g/mol. The van der Waals surface area contributed by atoms with Gasteiger partial charge in [0.1, 0.15) is 11.6 Å². The molecular formula is C13H9BrF2N2O. The fraction of sp³-hybridized carbons (Fsp3) is 0. The maximum atomic E-state index is 13.4. The second-order valence-corrected chi connectivity index (χ2v) is 4.77. The average molecular weight is 327 g/mol. The Bertz CT molecular complexity index is 626. The molecule has 0 saturated heterocycles. The first-order valence-corrected chi connectivity index (χ1v) is 6.07. The van der Waals surface area contributed by atoms with E-state index in [2.05, 4.69) is 21.2 Å². The van der Waals surface area contributed by atoms with E-state index in [1.54, 1.807) is 12.1 Å². The number of carbonyl (C=O) groups excluding carboxylic acids is 1. The first kappa shape index (κ1) is 13.5. The summed E-state index contributed by atoms with van der Waals surface area (Å²) in [5.74, 6) is -2.07. The molecule has 0 atom stereocenters. The summed E-state index contributed by atoms with van der Waals surface area (Å²) >= 11 is 3.21. The van der Waals surface area contributed by atoms with Crippen LogP contribution in [0.2, 0.25) is 0 Å². The van der Waals surface area contributed by atoms with E-state index in [4.69, 9.17) is 5.73 Å². The lowest BCUT2D eigenvalue weighted by Crippen LogP contribution is -2.13. The van der Waals surface area contributed by atoms with Gasteiger partial charge in [0.25, 0.3) is 5.91 Å². The molecule has 0 saturated carbocycles. The van der Waals surface area contributed by atoms with E-state index in [1.807, 2.05) is 0 Å². The molecular weight excluding hydrogens is 318 g/mol. The first-order valence-electron chi connectivity index (χ1n) is 5.28. The van der Waals surface area contributed by atoms with Crippen molar-refractivity contribution in [3.63, 3.8) is 0 Å². The van der Waals surface area contributed by atoms with Gasteiger partial charge in [-0.3, -0.25) is 4.79 Å². The quantitative estimate of drug-likeness (QED) is 0.829. The molecule has 0 unspecified atom stereocenters. The SMILES string of the molecule is Nc1cc(Br)cc(C(=O)Nc2ccc(F)cc2F)c1. The van der Waals surface area contributed by atoms with E-state index >= 15 is 0 Å². The van der Waals surface area contributed by atoms with Crippen LogP contribution < -0.4 is 11.1 Å². The zero-order valence-corrected chi connectivity index (χ0v) is 11.2. The summed E-state index contributed by atoms with van der Waals surface area (Å²) < 4.78 is 26.8. The van der Waals surface area contributed by atoms with Gasteiger partial charge in [0.2, 0.25) is 0 Å². The van der Waals surface area contributed by atoms with E-state index in [1.165, 1.54) is 6.07 Å². The number of hydrogen-bond acceptors (Lipinski definition) is 2. The fourth-order valence-electron chi connectivity index (χ4n) is 1.53. The minimum absolute atomic E-state index is 0.0926. The normalized spacial score (nSPS) is 10.3.